The van der Waals surface area contributed by atoms with Crippen LogP contribution in [-0.4, -0.2) is 35.3 Å². The van der Waals surface area contributed by atoms with Crippen LogP contribution in [0.4, 0.5) is 0 Å². The lowest BCUT2D eigenvalue weighted by Gasteiger charge is -2.06. The summed E-state index contributed by atoms with van der Waals surface area (Å²) in [4.78, 5) is 25.6. The third kappa shape index (κ3) is 4.63. The first-order chi connectivity index (χ1) is 10.8. The SMILES string of the molecule is Cc1ccc(S(=O)(=O)NC(=O)CSc2nnc(C)c(=O)[nH]2)cc1. The lowest BCUT2D eigenvalue weighted by atomic mass is 10.2. The van der Waals surface area contributed by atoms with Crippen LogP contribution in [0.15, 0.2) is 39.1 Å². The van der Waals surface area contributed by atoms with Crippen LogP contribution in [-0.2, 0) is 14.8 Å². The number of nitrogens with one attached hydrogen (secondary N) is 2. The molecule has 0 spiro atoms. The molecule has 0 aliphatic carbocycles. The zero-order valence-corrected chi connectivity index (χ0v) is 14.0. The van der Waals surface area contributed by atoms with Crippen LogP contribution < -0.4 is 10.3 Å². The van der Waals surface area contributed by atoms with Gasteiger partial charge >= 0.3 is 0 Å². The van der Waals surface area contributed by atoms with Crippen LogP contribution >= 0.6 is 11.8 Å². The van der Waals surface area contributed by atoms with E-state index in [0.29, 0.717) is 0 Å². The van der Waals surface area contributed by atoms with E-state index in [-0.39, 0.29) is 21.5 Å². The van der Waals surface area contributed by atoms with E-state index < -0.39 is 21.5 Å². The number of nitrogens with zero attached hydrogens (tertiary/aromatic N) is 2. The second-order valence-corrected chi connectivity index (χ2v) is 7.32. The van der Waals surface area contributed by atoms with E-state index in [1.54, 1.807) is 12.1 Å². The van der Waals surface area contributed by atoms with Gasteiger partial charge in [-0.2, -0.15) is 0 Å². The third-order valence-electron chi connectivity index (χ3n) is 2.76. The van der Waals surface area contributed by atoms with E-state index in [9.17, 15) is 18.0 Å². The largest absolute Gasteiger partial charge is 0.298 e. The quantitative estimate of drug-likeness (QED) is 0.744. The predicted octanol–water partition coefficient (Wildman–Crippen LogP) is 0.379. The molecule has 1 amide bonds. The molecule has 2 aromatic rings. The van der Waals surface area contributed by atoms with Crippen molar-refractivity contribution in [2.75, 3.05) is 5.75 Å². The molecule has 10 heteroatoms. The van der Waals surface area contributed by atoms with E-state index >= 15 is 0 Å². The maximum absolute atomic E-state index is 12.0. The number of benzene rings is 1. The molecule has 2 N–H and O–H groups in total. The highest BCUT2D eigenvalue weighted by molar-refractivity contribution is 8.00. The summed E-state index contributed by atoms with van der Waals surface area (Å²) in [5, 5.41) is 7.47. The normalized spacial score (nSPS) is 11.2. The number of aromatic amines is 1. The first-order valence-corrected chi connectivity index (χ1v) is 8.93. The van der Waals surface area contributed by atoms with E-state index in [4.69, 9.17) is 0 Å². The van der Waals surface area contributed by atoms with Crippen molar-refractivity contribution in [2.45, 2.75) is 23.9 Å². The molecule has 0 aliphatic rings. The number of aromatic nitrogens is 3. The van der Waals surface area contributed by atoms with Gasteiger partial charge in [-0.3, -0.25) is 14.6 Å². The minimum absolute atomic E-state index is 0.00462. The maximum Gasteiger partial charge on any atom is 0.273 e. The Hall–Kier alpha value is -2.20. The Balaban J connectivity index is 1.99. The molecule has 1 aromatic heterocycles. The topological polar surface area (TPSA) is 122 Å². The number of thioether (sulfide) groups is 1. The lowest BCUT2D eigenvalue weighted by Crippen LogP contribution is -2.32. The van der Waals surface area contributed by atoms with Crippen LogP contribution in [0.3, 0.4) is 0 Å². The first-order valence-electron chi connectivity index (χ1n) is 6.46. The highest BCUT2D eigenvalue weighted by Gasteiger charge is 2.17. The van der Waals surface area contributed by atoms with Gasteiger partial charge in [0.25, 0.3) is 15.6 Å². The van der Waals surface area contributed by atoms with Crippen molar-refractivity contribution in [1.82, 2.24) is 19.9 Å². The Morgan fingerprint density at radius 2 is 1.87 bits per heavy atom. The number of carbonyl (C=O) groups excluding carboxylic acids is 1. The number of amides is 1. The minimum Gasteiger partial charge on any atom is -0.298 e. The molecular formula is C13H14N4O4S2. The molecule has 23 heavy (non-hydrogen) atoms. The number of rotatable bonds is 5. The molecule has 0 unspecified atom stereocenters. The zero-order chi connectivity index (χ0) is 17.0. The van der Waals surface area contributed by atoms with E-state index in [1.807, 2.05) is 11.6 Å². The molecule has 1 aromatic carbocycles. The van der Waals surface area contributed by atoms with Crippen molar-refractivity contribution in [3.8, 4) is 0 Å². The summed E-state index contributed by atoms with van der Waals surface area (Å²) in [6.45, 7) is 3.33. The summed E-state index contributed by atoms with van der Waals surface area (Å²) < 4.78 is 26.0. The lowest BCUT2D eigenvalue weighted by molar-refractivity contribution is -0.116. The fourth-order valence-corrected chi connectivity index (χ4v) is 3.21. The standard InChI is InChI=1S/C13H14N4O4S2/c1-8-3-5-10(6-4-8)23(20,21)17-11(18)7-22-13-14-12(19)9(2)15-16-13/h3-6H,7H2,1-2H3,(H,17,18)(H,14,16,19). The molecule has 8 nitrogen and oxygen atoms in total. The Morgan fingerprint density at radius 3 is 2.48 bits per heavy atom. The molecule has 2 rings (SSSR count). The van der Waals surface area contributed by atoms with Crippen LogP contribution in [0.2, 0.25) is 0 Å². The Morgan fingerprint density at radius 1 is 1.22 bits per heavy atom. The second-order valence-electron chi connectivity index (χ2n) is 4.68. The summed E-state index contributed by atoms with van der Waals surface area (Å²) in [5.41, 5.74) is 0.712. The van der Waals surface area contributed by atoms with Gasteiger partial charge in [-0.1, -0.05) is 29.5 Å². The van der Waals surface area contributed by atoms with Crippen molar-refractivity contribution < 1.29 is 13.2 Å². The maximum atomic E-state index is 12.0. The monoisotopic (exact) mass is 354 g/mol. The van der Waals surface area contributed by atoms with E-state index in [1.165, 1.54) is 19.1 Å². The van der Waals surface area contributed by atoms with Crippen LogP contribution in [0.1, 0.15) is 11.3 Å². The van der Waals surface area contributed by atoms with Gasteiger partial charge in [0.1, 0.15) is 5.69 Å². The minimum atomic E-state index is -3.92. The van der Waals surface area contributed by atoms with E-state index in [0.717, 1.165) is 17.3 Å². The van der Waals surface area contributed by atoms with Crippen molar-refractivity contribution in [2.24, 2.45) is 0 Å². The fraction of sp³-hybridized carbons (Fsp3) is 0.231. The average Bonchev–Trinajstić information content (AvgIpc) is 2.48. The van der Waals surface area contributed by atoms with Gasteiger partial charge in [0, 0.05) is 0 Å². The number of sulfonamides is 1. The molecule has 0 fully saturated rings. The van der Waals surface area contributed by atoms with Gasteiger partial charge in [-0.25, -0.2) is 13.1 Å². The zero-order valence-electron chi connectivity index (χ0n) is 12.4. The number of aryl methyl sites for hydroxylation is 2. The van der Waals surface area contributed by atoms with Gasteiger partial charge in [0.15, 0.2) is 5.16 Å². The number of hydrogen-bond acceptors (Lipinski definition) is 7. The summed E-state index contributed by atoms with van der Waals surface area (Å²) in [7, 11) is -3.92. The van der Waals surface area contributed by atoms with Gasteiger partial charge < -0.3 is 0 Å². The molecular weight excluding hydrogens is 340 g/mol. The van der Waals surface area contributed by atoms with Crippen LogP contribution in [0.25, 0.3) is 0 Å². The summed E-state index contributed by atoms with van der Waals surface area (Å²) >= 11 is 0.884. The summed E-state index contributed by atoms with van der Waals surface area (Å²) in [6, 6.07) is 6.11. The average molecular weight is 354 g/mol. The van der Waals surface area contributed by atoms with Crippen LogP contribution in [0.5, 0.6) is 0 Å². The third-order valence-corrected chi connectivity index (χ3v) is 5.01. The van der Waals surface area contributed by atoms with Crippen molar-refractivity contribution in [3.63, 3.8) is 0 Å². The van der Waals surface area contributed by atoms with Gasteiger partial charge in [0.2, 0.25) is 5.91 Å². The summed E-state index contributed by atoms with van der Waals surface area (Å²) in [5.74, 6) is -0.947. The summed E-state index contributed by atoms with van der Waals surface area (Å²) in [6.07, 6.45) is 0. The smallest absolute Gasteiger partial charge is 0.273 e. The molecule has 0 bridgehead atoms. The highest BCUT2D eigenvalue weighted by Crippen LogP contribution is 2.12. The molecule has 122 valence electrons. The number of carbonyl (C=O) groups is 1. The van der Waals surface area contributed by atoms with Crippen molar-refractivity contribution in [1.29, 1.82) is 0 Å². The van der Waals surface area contributed by atoms with Gasteiger partial charge in [0.05, 0.1) is 10.6 Å². The molecule has 0 atom stereocenters. The van der Waals surface area contributed by atoms with Crippen molar-refractivity contribution >= 4 is 27.7 Å². The molecule has 0 radical (unpaired) electrons. The first kappa shape index (κ1) is 17.2. The molecule has 0 saturated carbocycles. The van der Waals surface area contributed by atoms with Crippen molar-refractivity contribution in [3.05, 3.63) is 45.9 Å². The molecule has 1 heterocycles. The Bertz CT molecular complexity index is 876. The molecule has 0 saturated heterocycles. The highest BCUT2D eigenvalue weighted by atomic mass is 32.2. The van der Waals surface area contributed by atoms with Crippen LogP contribution in [0, 0.1) is 13.8 Å². The number of hydrogen-bond donors (Lipinski definition) is 2. The predicted molar refractivity (Wildman–Crippen MR) is 84.6 cm³/mol. The van der Waals surface area contributed by atoms with Gasteiger partial charge in [-0.15, -0.1) is 10.2 Å². The Kier molecular flexibility index (Phi) is 5.16. The van der Waals surface area contributed by atoms with Gasteiger partial charge in [-0.05, 0) is 26.0 Å². The molecule has 0 aliphatic heterocycles. The second kappa shape index (κ2) is 6.92. The number of H-pyrrole nitrogens is 1. The fourth-order valence-electron chi connectivity index (χ4n) is 1.53. The Labute approximate surface area is 136 Å². The van der Waals surface area contributed by atoms with E-state index in [2.05, 4.69) is 15.2 Å².